The zero-order chi connectivity index (χ0) is 21.6. The molecule has 0 radical (unpaired) electrons. The Morgan fingerprint density at radius 2 is 1.61 bits per heavy atom. The average molecular weight is 434 g/mol. The number of ether oxygens (including phenoxy) is 1. The van der Waals surface area contributed by atoms with Gasteiger partial charge in [-0.3, -0.25) is 9.36 Å². The molecule has 3 aromatic carbocycles. The first-order chi connectivity index (χ1) is 15.1. The fraction of sp³-hybridized carbons (Fsp3) is 0.0870. The second-order valence-electron chi connectivity index (χ2n) is 6.60. The molecule has 1 atom stereocenters. The van der Waals surface area contributed by atoms with Gasteiger partial charge in [0.1, 0.15) is 11.9 Å². The summed E-state index contributed by atoms with van der Waals surface area (Å²) in [6, 6.07) is 24.9. The number of carbonyl (C=O) groups is 1. The van der Waals surface area contributed by atoms with Crippen molar-refractivity contribution < 1.29 is 13.9 Å². The number of thioether (sulfide) groups is 1. The molecule has 1 unspecified atom stereocenters. The summed E-state index contributed by atoms with van der Waals surface area (Å²) in [6.45, 7) is -0.00401. The summed E-state index contributed by atoms with van der Waals surface area (Å²) in [5, 5.41) is 8.34. The average Bonchev–Trinajstić information content (AvgIpc) is 3.20. The number of rotatable bonds is 8. The van der Waals surface area contributed by atoms with Crippen molar-refractivity contribution in [3.8, 4) is 11.4 Å². The van der Waals surface area contributed by atoms with Gasteiger partial charge >= 0.3 is 0 Å². The molecule has 0 spiro atoms. The zero-order valence-corrected chi connectivity index (χ0v) is 17.2. The van der Waals surface area contributed by atoms with Crippen LogP contribution in [0, 0.1) is 5.82 Å². The molecule has 1 amide bonds. The highest BCUT2D eigenvalue weighted by atomic mass is 32.2. The Bertz CT molecular complexity index is 1170. The number of para-hydroxylation sites is 2. The van der Waals surface area contributed by atoms with Crippen LogP contribution < -0.4 is 10.5 Å². The number of hydrogen-bond donors (Lipinski definition) is 1. The summed E-state index contributed by atoms with van der Waals surface area (Å²) in [7, 11) is 0. The van der Waals surface area contributed by atoms with Crippen LogP contribution in [0.25, 0.3) is 5.69 Å². The van der Waals surface area contributed by atoms with Gasteiger partial charge < -0.3 is 10.5 Å². The van der Waals surface area contributed by atoms with Gasteiger partial charge in [-0.25, -0.2) is 4.39 Å². The lowest BCUT2D eigenvalue weighted by Crippen LogP contribution is -2.19. The van der Waals surface area contributed by atoms with Gasteiger partial charge in [-0.15, -0.1) is 10.2 Å². The van der Waals surface area contributed by atoms with E-state index in [0.717, 1.165) is 11.3 Å². The second kappa shape index (κ2) is 9.44. The van der Waals surface area contributed by atoms with Crippen LogP contribution in [0.3, 0.4) is 0 Å². The molecule has 156 valence electrons. The fourth-order valence-corrected chi connectivity index (χ4v) is 4.06. The molecule has 0 aliphatic heterocycles. The predicted molar refractivity (Wildman–Crippen MR) is 116 cm³/mol. The molecule has 6 nitrogen and oxygen atoms in total. The first-order valence-corrected chi connectivity index (χ1v) is 10.4. The maximum Gasteiger partial charge on any atom is 0.235 e. The predicted octanol–water partition coefficient (Wildman–Crippen LogP) is 4.30. The standard InChI is InChI=1S/C23H19FN4O2S/c24-18-13-7-8-14-19(18)30-15-20-26-27-23(28(20)17-11-5-2-6-12-17)31-21(22(25)29)16-9-3-1-4-10-16/h1-14,21H,15H2,(H2,25,29). The third-order valence-corrected chi connectivity index (χ3v) is 5.71. The first kappa shape index (κ1) is 20.6. The van der Waals surface area contributed by atoms with E-state index in [9.17, 15) is 9.18 Å². The number of nitrogens with zero attached hydrogens (tertiary/aromatic N) is 3. The van der Waals surface area contributed by atoms with Crippen molar-refractivity contribution in [2.45, 2.75) is 17.0 Å². The van der Waals surface area contributed by atoms with Crippen molar-refractivity contribution in [1.29, 1.82) is 0 Å². The van der Waals surface area contributed by atoms with Crippen LogP contribution in [0.1, 0.15) is 16.6 Å². The van der Waals surface area contributed by atoms with Crippen LogP contribution in [-0.2, 0) is 11.4 Å². The molecule has 0 fully saturated rings. The van der Waals surface area contributed by atoms with Crippen LogP contribution >= 0.6 is 11.8 Å². The number of primary amides is 1. The van der Waals surface area contributed by atoms with Crippen molar-refractivity contribution in [1.82, 2.24) is 14.8 Å². The van der Waals surface area contributed by atoms with Crippen LogP contribution in [0.4, 0.5) is 4.39 Å². The molecular formula is C23H19FN4O2S. The van der Waals surface area contributed by atoms with Gasteiger partial charge in [-0.1, -0.05) is 72.4 Å². The molecule has 2 N–H and O–H groups in total. The van der Waals surface area contributed by atoms with Crippen molar-refractivity contribution in [3.05, 3.63) is 102 Å². The number of halogens is 1. The Morgan fingerprint density at radius 3 is 2.29 bits per heavy atom. The minimum Gasteiger partial charge on any atom is -0.483 e. The molecular weight excluding hydrogens is 415 g/mol. The molecule has 0 bridgehead atoms. The van der Waals surface area contributed by atoms with Gasteiger partial charge in [0.05, 0.1) is 0 Å². The maximum absolute atomic E-state index is 13.9. The Balaban J connectivity index is 1.68. The van der Waals surface area contributed by atoms with Crippen LogP contribution in [0.2, 0.25) is 0 Å². The molecule has 4 aromatic rings. The molecule has 31 heavy (non-hydrogen) atoms. The minimum atomic E-state index is -0.645. The summed E-state index contributed by atoms with van der Waals surface area (Å²) in [5.41, 5.74) is 7.24. The lowest BCUT2D eigenvalue weighted by Gasteiger charge is -2.15. The van der Waals surface area contributed by atoms with Crippen molar-refractivity contribution in [2.24, 2.45) is 5.73 Å². The van der Waals surface area contributed by atoms with E-state index in [0.29, 0.717) is 11.0 Å². The number of amides is 1. The molecule has 4 rings (SSSR count). The van der Waals surface area contributed by atoms with E-state index < -0.39 is 17.0 Å². The Labute approximate surface area is 182 Å². The quantitative estimate of drug-likeness (QED) is 0.418. The Morgan fingerprint density at radius 1 is 0.968 bits per heavy atom. The molecule has 0 aliphatic rings. The topological polar surface area (TPSA) is 83.0 Å². The van der Waals surface area contributed by atoms with Gasteiger partial charge in [-0.05, 0) is 29.8 Å². The van der Waals surface area contributed by atoms with E-state index in [-0.39, 0.29) is 12.4 Å². The molecule has 0 saturated carbocycles. The van der Waals surface area contributed by atoms with Gasteiger partial charge in [0, 0.05) is 5.69 Å². The third-order valence-electron chi connectivity index (χ3n) is 4.49. The van der Waals surface area contributed by atoms with E-state index in [1.165, 1.54) is 17.8 Å². The highest BCUT2D eigenvalue weighted by Gasteiger charge is 2.24. The highest BCUT2D eigenvalue weighted by Crippen LogP contribution is 2.35. The molecule has 1 heterocycles. The van der Waals surface area contributed by atoms with E-state index in [1.807, 2.05) is 60.7 Å². The Kier molecular flexibility index (Phi) is 6.28. The number of aromatic nitrogens is 3. The molecule has 0 saturated heterocycles. The number of benzene rings is 3. The summed E-state index contributed by atoms with van der Waals surface area (Å²) in [4.78, 5) is 12.2. The largest absolute Gasteiger partial charge is 0.483 e. The summed E-state index contributed by atoms with van der Waals surface area (Å²) in [6.07, 6.45) is 0. The summed E-state index contributed by atoms with van der Waals surface area (Å²) < 4.78 is 21.4. The van der Waals surface area contributed by atoms with Crippen LogP contribution in [0.5, 0.6) is 5.75 Å². The summed E-state index contributed by atoms with van der Waals surface area (Å²) >= 11 is 1.20. The van der Waals surface area contributed by atoms with E-state index in [1.54, 1.807) is 22.8 Å². The third kappa shape index (κ3) is 4.75. The maximum atomic E-state index is 13.9. The van der Waals surface area contributed by atoms with Crippen molar-refractivity contribution in [2.75, 3.05) is 0 Å². The first-order valence-electron chi connectivity index (χ1n) is 9.51. The van der Waals surface area contributed by atoms with E-state index in [4.69, 9.17) is 10.5 Å². The normalized spacial score (nSPS) is 11.8. The molecule has 1 aromatic heterocycles. The molecule has 0 aliphatic carbocycles. The monoisotopic (exact) mass is 434 g/mol. The number of nitrogens with two attached hydrogens (primary N) is 1. The van der Waals surface area contributed by atoms with E-state index in [2.05, 4.69) is 10.2 Å². The van der Waals surface area contributed by atoms with Crippen molar-refractivity contribution >= 4 is 17.7 Å². The van der Waals surface area contributed by atoms with Crippen molar-refractivity contribution in [3.63, 3.8) is 0 Å². The van der Waals surface area contributed by atoms with Gasteiger partial charge in [0.15, 0.2) is 22.5 Å². The smallest absolute Gasteiger partial charge is 0.235 e. The fourth-order valence-electron chi connectivity index (χ4n) is 3.03. The van der Waals surface area contributed by atoms with Crippen LogP contribution in [-0.4, -0.2) is 20.7 Å². The second-order valence-corrected chi connectivity index (χ2v) is 7.67. The number of hydrogen-bond acceptors (Lipinski definition) is 5. The van der Waals surface area contributed by atoms with E-state index >= 15 is 0 Å². The van der Waals surface area contributed by atoms with Gasteiger partial charge in [0.25, 0.3) is 0 Å². The molecule has 8 heteroatoms. The SMILES string of the molecule is NC(=O)C(Sc1nnc(COc2ccccc2F)n1-c1ccccc1)c1ccccc1. The van der Waals surface area contributed by atoms with Crippen LogP contribution in [0.15, 0.2) is 90.1 Å². The lowest BCUT2D eigenvalue weighted by molar-refractivity contribution is -0.117. The summed E-state index contributed by atoms with van der Waals surface area (Å²) in [5.74, 6) is -0.351. The number of carbonyl (C=O) groups excluding carboxylic acids is 1. The Hall–Kier alpha value is -3.65. The lowest BCUT2D eigenvalue weighted by atomic mass is 10.1. The zero-order valence-electron chi connectivity index (χ0n) is 16.4. The van der Waals surface area contributed by atoms with Gasteiger partial charge in [0.2, 0.25) is 5.91 Å². The highest BCUT2D eigenvalue weighted by molar-refractivity contribution is 8.00. The van der Waals surface area contributed by atoms with Gasteiger partial charge in [-0.2, -0.15) is 0 Å². The minimum absolute atomic E-state index is 0.00401.